The number of aryl methyl sites for hydroxylation is 2. The van der Waals surface area contributed by atoms with E-state index in [0.717, 1.165) is 59.5 Å². The average Bonchev–Trinajstić information content (AvgIpc) is 2.86. The average molecular weight is 485 g/mol. The summed E-state index contributed by atoms with van der Waals surface area (Å²) in [5.41, 5.74) is 7.12. The van der Waals surface area contributed by atoms with Crippen LogP contribution >= 0.6 is 0 Å². The van der Waals surface area contributed by atoms with Crippen molar-refractivity contribution in [3.63, 3.8) is 0 Å². The Kier molecular flexibility index (Phi) is 6.52. The third kappa shape index (κ3) is 4.36. The molecule has 6 nitrogen and oxygen atoms in total. The second-order valence-corrected chi connectivity index (χ2v) is 9.96. The summed E-state index contributed by atoms with van der Waals surface area (Å²) in [6.45, 7) is 3.80. The largest absolute Gasteiger partial charge is 0.483 e. The fourth-order valence-electron chi connectivity index (χ4n) is 5.80. The highest BCUT2D eigenvalue weighted by Crippen LogP contribution is 2.50. The molecule has 2 aliphatic carbocycles. The zero-order valence-corrected chi connectivity index (χ0v) is 21.1. The topological polar surface area (TPSA) is 75.7 Å². The number of amides is 1. The predicted molar refractivity (Wildman–Crippen MR) is 139 cm³/mol. The van der Waals surface area contributed by atoms with Gasteiger partial charge in [-0.25, -0.2) is 0 Å². The maximum absolute atomic E-state index is 13.3. The van der Waals surface area contributed by atoms with Crippen LogP contribution in [0.3, 0.4) is 0 Å². The first-order valence-electron chi connectivity index (χ1n) is 12.7. The Balaban J connectivity index is 1.47. The Morgan fingerprint density at radius 2 is 1.58 bits per heavy atom. The van der Waals surface area contributed by atoms with Gasteiger partial charge in [0.15, 0.2) is 18.2 Å². The molecule has 5 rings (SSSR count). The van der Waals surface area contributed by atoms with E-state index >= 15 is 0 Å². The molecule has 0 atom stereocenters. The van der Waals surface area contributed by atoms with Crippen LogP contribution in [0.1, 0.15) is 61.1 Å². The number of carbonyl (C=O) groups excluding carboxylic acids is 3. The summed E-state index contributed by atoms with van der Waals surface area (Å²) in [5, 5.41) is 2.92. The third-order valence-electron chi connectivity index (χ3n) is 7.49. The molecule has 0 saturated heterocycles. The fourth-order valence-corrected chi connectivity index (χ4v) is 5.80. The molecule has 0 radical (unpaired) electrons. The summed E-state index contributed by atoms with van der Waals surface area (Å²) < 4.78 is 6.05. The number of nitrogens with one attached hydrogen (secondary N) is 1. The molecular weight excluding hydrogens is 452 g/mol. The third-order valence-corrected chi connectivity index (χ3v) is 7.49. The maximum atomic E-state index is 13.3. The molecule has 2 aromatic rings. The van der Waals surface area contributed by atoms with Crippen LogP contribution in [0, 0.1) is 13.8 Å². The number of ketones is 2. The highest BCUT2D eigenvalue weighted by Gasteiger charge is 2.43. The molecule has 6 heteroatoms. The van der Waals surface area contributed by atoms with Gasteiger partial charge in [0.05, 0.1) is 0 Å². The van der Waals surface area contributed by atoms with Crippen LogP contribution < -0.4 is 10.1 Å². The summed E-state index contributed by atoms with van der Waals surface area (Å²) in [6.07, 6.45) is 4.26. The molecule has 0 aromatic heterocycles. The number of allylic oxidation sites excluding steroid dienone is 4. The lowest BCUT2D eigenvalue weighted by Gasteiger charge is -2.42. The van der Waals surface area contributed by atoms with Crippen LogP contribution in [0.15, 0.2) is 65.0 Å². The number of hydrogen-bond donors (Lipinski definition) is 1. The molecule has 3 aliphatic rings. The molecule has 2 aromatic carbocycles. The van der Waals surface area contributed by atoms with Gasteiger partial charge in [-0.15, -0.1) is 0 Å². The second-order valence-electron chi connectivity index (χ2n) is 9.96. The van der Waals surface area contributed by atoms with E-state index < -0.39 is 5.92 Å². The van der Waals surface area contributed by atoms with Gasteiger partial charge >= 0.3 is 0 Å². The van der Waals surface area contributed by atoms with Crippen LogP contribution in [-0.2, 0) is 14.4 Å². The van der Waals surface area contributed by atoms with Crippen molar-refractivity contribution in [3.8, 4) is 5.75 Å². The Hall–Kier alpha value is -3.67. The Morgan fingerprint density at radius 3 is 2.22 bits per heavy atom. The summed E-state index contributed by atoms with van der Waals surface area (Å²) in [6, 6.07) is 13.4. The zero-order chi connectivity index (χ0) is 25.4. The van der Waals surface area contributed by atoms with Gasteiger partial charge in [0.25, 0.3) is 5.91 Å². The summed E-state index contributed by atoms with van der Waals surface area (Å²) in [4.78, 5) is 41.3. The number of benzene rings is 2. The van der Waals surface area contributed by atoms with E-state index in [4.69, 9.17) is 4.74 Å². The van der Waals surface area contributed by atoms with Crippen molar-refractivity contribution < 1.29 is 19.1 Å². The molecule has 0 bridgehead atoms. The molecule has 0 fully saturated rings. The van der Waals surface area contributed by atoms with E-state index in [1.165, 1.54) is 0 Å². The van der Waals surface area contributed by atoms with Crippen molar-refractivity contribution in [2.45, 2.75) is 58.3 Å². The van der Waals surface area contributed by atoms with Crippen molar-refractivity contribution in [1.29, 1.82) is 0 Å². The maximum Gasteiger partial charge on any atom is 0.262 e. The Bertz CT molecular complexity index is 1280. The van der Waals surface area contributed by atoms with Gasteiger partial charge in [-0.1, -0.05) is 35.9 Å². The molecule has 0 unspecified atom stereocenters. The Labute approximate surface area is 212 Å². The van der Waals surface area contributed by atoms with Gasteiger partial charge < -0.3 is 15.0 Å². The molecule has 1 amide bonds. The molecule has 36 heavy (non-hydrogen) atoms. The molecule has 0 spiro atoms. The van der Waals surface area contributed by atoms with E-state index in [-0.39, 0.29) is 24.1 Å². The number of ether oxygens (including phenoxy) is 1. The first kappa shape index (κ1) is 24.0. The predicted octanol–water partition coefficient (Wildman–Crippen LogP) is 5.36. The van der Waals surface area contributed by atoms with E-state index in [1.807, 2.05) is 63.4 Å². The van der Waals surface area contributed by atoms with Gasteiger partial charge in [0.2, 0.25) is 0 Å². The summed E-state index contributed by atoms with van der Waals surface area (Å²) >= 11 is 0. The normalized spacial score (nSPS) is 18.2. The van der Waals surface area contributed by atoms with Gasteiger partial charge in [-0.05, 0) is 57.2 Å². The number of hydrogen-bond acceptors (Lipinski definition) is 5. The lowest BCUT2D eigenvalue weighted by Crippen LogP contribution is -2.37. The SMILES string of the molecule is Cc1ccc(NC(=O)COc2ccccc2C2C3=C(CCCC3=O)N(C)C3=C2C(=O)CCC3)c(C)c1. The van der Waals surface area contributed by atoms with Gasteiger partial charge in [0.1, 0.15) is 5.75 Å². The van der Waals surface area contributed by atoms with Crippen LogP contribution in [0.5, 0.6) is 5.75 Å². The van der Waals surface area contributed by atoms with Crippen molar-refractivity contribution in [3.05, 3.63) is 81.7 Å². The van der Waals surface area contributed by atoms with Crippen LogP contribution in [-0.4, -0.2) is 36.0 Å². The quantitative estimate of drug-likeness (QED) is 0.618. The summed E-state index contributed by atoms with van der Waals surface area (Å²) in [5.74, 6) is 0.00643. The molecule has 1 heterocycles. The van der Waals surface area contributed by atoms with E-state index in [2.05, 4.69) is 10.2 Å². The van der Waals surface area contributed by atoms with E-state index in [0.29, 0.717) is 29.7 Å². The Morgan fingerprint density at radius 1 is 0.944 bits per heavy atom. The van der Waals surface area contributed by atoms with Crippen LogP contribution in [0.2, 0.25) is 0 Å². The van der Waals surface area contributed by atoms with Crippen molar-refractivity contribution in [2.75, 3.05) is 19.0 Å². The van der Waals surface area contributed by atoms with Gasteiger partial charge in [0, 0.05) is 59.6 Å². The number of nitrogens with zero attached hydrogens (tertiary/aromatic N) is 1. The van der Waals surface area contributed by atoms with E-state index in [1.54, 1.807) is 0 Å². The minimum absolute atomic E-state index is 0.0976. The second kappa shape index (κ2) is 9.76. The highest BCUT2D eigenvalue weighted by atomic mass is 16.5. The molecular formula is C30H32N2O4. The van der Waals surface area contributed by atoms with Crippen LogP contribution in [0.25, 0.3) is 0 Å². The van der Waals surface area contributed by atoms with E-state index in [9.17, 15) is 14.4 Å². The zero-order valence-electron chi connectivity index (χ0n) is 21.1. The highest BCUT2D eigenvalue weighted by molar-refractivity contribution is 6.06. The number of carbonyl (C=O) groups is 3. The molecule has 1 N–H and O–H groups in total. The molecule has 186 valence electrons. The molecule has 0 saturated carbocycles. The standard InChI is InChI=1S/C30H32N2O4/c1-18-14-15-21(19(2)16-18)31-27(35)17-36-26-13-5-4-8-20(26)28-29-22(9-6-11-24(29)33)32(3)23-10-7-12-25(34)30(23)28/h4-5,8,13-16,28H,6-7,9-12,17H2,1-3H3,(H,31,35). The number of anilines is 1. The number of rotatable bonds is 5. The first-order chi connectivity index (χ1) is 17.3. The smallest absolute Gasteiger partial charge is 0.262 e. The van der Waals surface area contributed by atoms with Gasteiger partial charge in [-0.2, -0.15) is 0 Å². The van der Waals surface area contributed by atoms with Crippen molar-refractivity contribution in [1.82, 2.24) is 4.90 Å². The van der Waals surface area contributed by atoms with Crippen molar-refractivity contribution >= 4 is 23.2 Å². The lowest BCUT2D eigenvalue weighted by molar-refractivity contribution is -0.119. The minimum atomic E-state index is -0.453. The monoisotopic (exact) mass is 484 g/mol. The van der Waals surface area contributed by atoms with Crippen LogP contribution in [0.4, 0.5) is 5.69 Å². The van der Waals surface area contributed by atoms with Crippen molar-refractivity contribution in [2.24, 2.45) is 0 Å². The molecule has 1 aliphatic heterocycles. The fraction of sp³-hybridized carbons (Fsp3) is 0.367. The summed E-state index contributed by atoms with van der Waals surface area (Å²) in [7, 11) is 1.98. The van der Waals surface area contributed by atoms with Gasteiger partial charge in [-0.3, -0.25) is 14.4 Å². The first-order valence-corrected chi connectivity index (χ1v) is 12.7. The lowest BCUT2D eigenvalue weighted by atomic mass is 9.71. The number of Topliss-reactive ketones (excluding diaryl/α,β-unsaturated/α-hetero) is 2. The number of para-hydroxylation sites is 1. The minimum Gasteiger partial charge on any atom is -0.483 e.